The molecule has 3 unspecified atom stereocenters. The number of ether oxygens (including phenoxy) is 1. The van der Waals surface area contributed by atoms with Gasteiger partial charge < -0.3 is 24.5 Å². The minimum Gasteiger partial charge on any atom is -0.394 e. The highest BCUT2D eigenvalue weighted by Crippen LogP contribution is 2.61. The van der Waals surface area contributed by atoms with Gasteiger partial charge in [0.05, 0.1) is 30.6 Å². The van der Waals surface area contributed by atoms with Crippen LogP contribution in [0.4, 0.5) is 5.69 Å². The van der Waals surface area contributed by atoms with Gasteiger partial charge >= 0.3 is 0 Å². The van der Waals surface area contributed by atoms with E-state index in [0.717, 1.165) is 17.2 Å². The molecule has 9 heteroatoms. The predicted molar refractivity (Wildman–Crippen MR) is 176 cm³/mol. The molecule has 0 aliphatic carbocycles. The number of alkyl halides is 1. The molecule has 1 spiro atoms. The third-order valence-electron chi connectivity index (χ3n) is 9.87. The highest BCUT2D eigenvalue weighted by molar-refractivity contribution is 9.09. The molecule has 236 valence electrons. The van der Waals surface area contributed by atoms with Crippen LogP contribution in [0, 0.1) is 17.8 Å². The van der Waals surface area contributed by atoms with Crippen molar-refractivity contribution in [1.29, 1.82) is 0 Å². The molecule has 5 rings (SSSR count). The van der Waals surface area contributed by atoms with Crippen LogP contribution in [0.1, 0.15) is 40.0 Å². The molecule has 2 aromatic rings. The molecule has 2 aromatic carbocycles. The fourth-order valence-electron chi connectivity index (χ4n) is 7.67. The Labute approximate surface area is 268 Å². The van der Waals surface area contributed by atoms with Crippen LogP contribution >= 0.6 is 15.9 Å². The van der Waals surface area contributed by atoms with E-state index in [9.17, 15) is 14.7 Å². The van der Waals surface area contributed by atoms with Crippen molar-refractivity contribution >= 4 is 50.1 Å². The number of benzene rings is 2. The fraction of sp³-hybridized carbons (Fsp3) is 0.514. The van der Waals surface area contributed by atoms with Crippen LogP contribution in [0.15, 0.2) is 67.8 Å². The van der Waals surface area contributed by atoms with Crippen LogP contribution < -0.4 is 4.90 Å². The monoisotopic (exact) mass is 665 g/mol. The number of carbonyl (C=O) groups is 3. The topological polar surface area (TPSA) is 90.4 Å². The van der Waals surface area contributed by atoms with Crippen molar-refractivity contribution in [3.05, 3.63) is 67.8 Å². The van der Waals surface area contributed by atoms with Gasteiger partial charge in [0, 0.05) is 30.1 Å². The van der Waals surface area contributed by atoms with Gasteiger partial charge in [-0.1, -0.05) is 85.6 Å². The van der Waals surface area contributed by atoms with Crippen LogP contribution in [-0.2, 0) is 19.1 Å². The van der Waals surface area contributed by atoms with Gasteiger partial charge in [0.2, 0.25) is 11.8 Å². The quantitative estimate of drug-likeness (QED) is 0.242. The van der Waals surface area contributed by atoms with E-state index in [1.54, 1.807) is 26.9 Å². The van der Waals surface area contributed by atoms with Gasteiger partial charge in [-0.25, -0.2) is 0 Å². The van der Waals surface area contributed by atoms with Crippen molar-refractivity contribution in [3.8, 4) is 0 Å². The summed E-state index contributed by atoms with van der Waals surface area (Å²) in [5.41, 5.74) is -0.545. The number of nitrogens with zero attached hydrogens (tertiary/aromatic N) is 3. The molecule has 3 amide bonds. The molecule has 3 aliphatic heterocycles. The number of aliphatic hydroxyl groups is 1. The van der Waals surface area contributed by atoms with Crippen LogP contribution in [-0.4, -0.2) is 87.5 Å². The number of aliphatic hydroxyl groups excluding tert-OH is 1. The molecule has 3 fully saturated rings. The zero-order chi connectivity index (χ0) is 31.8. The van der Waals surface area contributed by atoms with Crippen molar-refractivity contribution in [2.75, 3.05) is 31.1 Å². The Morgan fingerprint density at radius 2 is 1.84 bits per heavy atom. The van der Waals surface area contributed by atoms with Crippen LogP contribution in [0.2, 0.25) is 0 Å². The van der Waals surface area contributed by atoms with Crippen molar-refractivity contribution < 1.29 is 24.2 Å². The summed E-state index contributed by atoms with van der Waals surface area (Å²) >= 11 is 3.78. The molecule has 0 saturated carbocycles. The predicted octanol–water partition coefficient (Wildman–Crippen LogP) is 4.94. The minimum atomic E-state index is -1.23. The number of amides is 3. The van der Waals surface area contributed by atoms with E-state index < -0.39 is 35.6 Å². The first-order chi connectivity index (χ1) is 21.2. The molecule has 8 atom stereocenters. The Bertz CT molecular complexity index is 1430. The number of hydrogen-bond acceptors (Lipinski definition) is 5. The van der Waals surface area contributed by atoms with E-state index in [1.165, 1.54) is 0 Å². The minimum absolute atomic E-state index is 0.0912. The van der Waals surface area contributed by atoms with E-state index in [-0.39, 0.29) is 41.6 Å². The van der Waals surface area contributed by atoms with Gasteiger partial charge in [0.1, 0.15) is 11.6 Å². The van der Waals surface area contributed by atoms with Gasteiger partial charge in [-0.2, -0.15) is 0 Å². The molecule has 3 saturated heterocycles. The number of anilines is 1. The zero-order valence-corrected chi connectivity index (χ0v) is 27.5. The largest absolute Gasteiger partial charge is 0.394 e. The van der Waals surface area contributed by atoms with Gasteiger partial charge in [0.15, 0.2) is 0 Å². The molecule has 8 nitrogen and oxygen atoms in total. The number of hydrogen-bond donors (Lipinski definition) is 1. The molecule has 0 aromatic heterocycles. The normalized spacial score (nSPS) is 28.5. The van der Waals surface area contributed by atoms with E-state index in [2.05, 4.69) is 29.1 Å². The Morgan fingerprint density at radius 1 is 1.14 bits per heavy atom. The van der Waals surface area contributed by atoms with E-state index >= 15 is 4.79 Å². The molecule has 44 heavy (non-hydrogen) atoms. The number of fused-ring (bicyclic) bond motifs is 2. The van der Waals surface area contributed by atoms with Crippen LogP contribution in [0.3, 0.4) is 0 Å². The van der Waals surface area contributed by atoms with Crippen LogP contribution in [0.5, 0.6) is 0 Å². The number of likely N-dealkylation sites (tertiary alicyclic amines) is 1. The smallest absolute Gasteiger partial charge is 0.253 e. The summed E-state index contributed by atoms with van der Waals surface area (Å²) in [6.07, 6.45) is 4.67. The van der Waals surface area contributed by atoms with Crippen LogP contribution in [0.25, 0.3) is 10.8 Å². The van der Waals surface area contributed by atoms with E-state index in [1.807, 2.05) is 63.2 Å². The Balaban J connectivity index is 1.64. The fourth-order valence-corrected chi connectivity index (χ4v) is 8.62. The maximum Gasteiger partial charge on any atom is 0.253 e. The molecular weight excluding hydrogens is 622 g/mol. The second-order valence-electron chi connectivity index (χ2n) is 12.4. The molecule has 3 heterocycles. The first kappa shape index (κ1) is 32.4. The van der Waals surface area contributed by atoms with Crippen molar-refractivity contribution in [2.24, 2.45) is 17.8 Å². The average Bonchev–Trinajstić information content (AvgIpc) is 3.62. The number of carbonyl (C=O) groups excluding carboxylic acids is 3. The first-order valence-electron chi connectivity index (χ1n) is 15.7. The summed E-state index contributed by atoms with van der Waals surface area (Å²) in [6, 6.07) is 12.2. The lowest BCUT2D eigenvalue weighted by Gasteiger charge is -2.41. The molecule has 3 aliphatic rings. The van der Waals surface area contributed by atoms with Crippen molar-refractivity contribution in [1.82, 2.24) is 9.80 Å². The highest BCUT2D eigenvalue weighted by atomic mass is 79.9. The highest BCUT2D eigenvalue weighted by Gasteiger charge is 2.77. The molecule has 1 N–H and O–H groups in total. The number of rotatable bonds is 13. The number of halogens is 1. The van der Waals surface area contributed by atoms with Gasteiger partial charge in [-0.3, -0.25) is 14.4 Å². The molecule has 0 radical (unpaired) electrons. The second kappa shape index (κ2) is 13.2. The summed E-state index contributed by atoms with van der Waals surface area (Å²) < 4.78 is 6.78. The average molecular weight is 667 g/mol. The van der Waals surface area contributed by atoms with Gasteiger partial charge in [0.25, 0.3) is 5.91 Å². The zero-order valence-electron chi connectivity index (χ0n) is 25.9. The molecule has 2 bridgehead atoms. The van der Waals surface area contributed by atoms with Gasteiger partial charge in [-0.15, -0.1) is 13.2 Å². The van der Waals surface area contributed by atoms with Gasteiger partial charge in [-0.05, 0) is 41.7 Å². The lowest BCUT2D eigenvalue weighted by molar-refractivity contribution is -0.148. The van der Waals surface area contributed by atoms with Crippen molar-refractivity contribution in [2.45, 2.75) is 68.6 Å². The summed E-state index contributed by atoms with van der Waals surface area (Å²) in [6.45, 7) is 14.6. The third kappa shape index (κ3) is 5.20. The SMILES string of the molecule is C=CCN(CCC)C(=O)[C@H]1[C@@H]2OC3(CC2Br)C(C(=O)N(CC=C)c2ccc4ccccc4c2)N([C@@H](CO)[C@@H](C)CC)C(=O)[C@H]13. The summed E-state index contributed by atoms with van der Waals surface area (Å²) in [5, 5.41) is 12.7. The Kier molecular flexibility index (Phi) is 9.68. The Hall–Kier alpha value is -3.01. The first-order valence-corrected chi connectivity index (χ1v) is 16.7. The van der Waals surface area contributed by atoms with E-state index in [0.29, 0.717) is 31.6 Å². The maximum atomic E-state index is 15.0. The van der Waals surface area contributed by atoms with E-state index in [4.69, 9.17) is 4.74 Å². The third-order valence-corrected chi connectivity index (χ3v) is 10.7. The lowest BCUT2D eigenvalue weighted by atomic mass is 9.70. The summed E-state index contributed by atoms with van der Waals surface area (Å²) in [4.78, 5) is 48.6. The molecular formula is C35H44BrN3O5. The maximum absolute atomic E-state index is 15.0. The summed E-state index contributed by atoms with van der Waals surface area (Å²) in [5.74, 6) is -2.44. The standard InChI is InChI=1S/C35H44BrN3O5/c1-6-16-37(17-7-2)32(41)28-29-33(42)39(27(21-40)22(5)9-4)31(35(29)20-26(36)30(28)44-35)34(43)38(18-8-3)25-15-14-23-12-10-11-13-24(23)19-25/h6,8,10-15,19,22,26-31,40H,1,3,7,9,16-18,20-21H2,2,4-5H3/t22-,26?,27-,28+,29-,30+,31?,35?/m0/s1. The van der Waals surface area contributed by atoms with Crippen molar-refractivity contribution in [3.63, 3.8) is 0 Å². The second-order valence-corrected chi connectivity index (χ2v) is 13.6. The Morgan fingerprint density at radius 3 is 2.48 bits per heavy atom. The lowest BCUT2D eigenvalue weighted by Crippen LogP contribution is -2.60. The summed E-state index contributed by atoms with van der Waals surface area (Å²) in [7, 11) is 0.